The van der Waals surface area contributed by atoms with E-state index in [1.807, 2.05) is 0 Å². The summed E-state index contributed by atoms with van der Waals surface area (Å²) in [5.74, 6) is 0. The summed E-state index contributed by atoms with van der Waals surface area (Å²) in [6, 6.07) is 32.5. The zero-order valence-electron chi connectivity index (χ0n) is 17.4. The molecule has 0 fully saturated rings. The second-order valence-electron chi connectivity index (χ2n) is 7.61. The minimum Gasteiger partial charge on any atom is -0.328 e. The van der Waals surface area contributed by atoms with Crippen LogP contribution in [-0.2, 0) is 9.94 Å². The van der Waals surface area contributed by atoms with E-state index >= 15 is 0 Å². The van der Waals surface area contributed by atoms with Gasteiger partial charge in [-0.3, -0.25) is 0 Å². The van der Waals surface area contributed by atoms with Gasteiger partial charge in [-0.25, -0.2) is 0 Å². The molecule has 0 bridgehead atoms. The van der Waals surface area contributed by atoms with Gasteiger partial charge >= 0.3 is 8.60 Å². The molecule has 2 N–H and O–H groups in total. The molecule has 0 aliphatic rings. The molecule has 3 rings (SSSR count). The molecular formula is C26H31O3P. The van der Waals surface area contributed by atoms with Gasteiger partial charge in [0, 0.05) is 5.41 Å². The van der Waals surface area contributed by atoms with Gasteiger partial charge in [0.2, 0.25) is 0 Å². The lowest BCUT2D eigenvalue weighted by atomic mass is 9.66. The van der Waals surface area contributed by atoms with Crippen molar-refractivity contribution in [1.29, 1.82) is 0 Å². The van der Waals surface area contributed by atoms with Gasteiger partial charge in [-0.05, 0) is 29.5 Å². The molecule has 0 aliphatic carbocycles. The molecule has 3 aromatic carbocycles. The van der Waals surface area contributed by atoms with Gasteiger partial charge in [-0.1, -0.05) is 117 Å². The molecule has 0 aliphatic heterocycles. The molecule has 0 radical (unpaired) electrons. The van der Waals surface area contributed by atoms with Crippen molar-refractivity contribution >= 4 is 8.60 Å². The zero-order chi connectivity index (χ0) is 21.1. The highest BCUT2D eigenvalue weighted by Crippen LogP contribution is 2.43. The van der Waals surface area contributed by atoms with Crippen molar-refractivity contribution in [2.75, 3.05) is 6.61 Å². The van der Waals surface area contributed by atoms with Gasteiger partial charge in [-0.15, -0.1) is 0 Å². The summed E-state index contributed by atoms with van der Waals surface area (Å²) in [6.45, 7) is 0.417. The van der Waals surface area contributed by atoms with Crippen LogP contribution < -0.4 is 0 Å². The number of unbranched alkanes of at least 4 members (excludes halogenated alkanes) is 4. The smallest absolute Gasteiger partial charge is 0.327 e. The fraction of sp³-hybridized carbons (Fsp3) is 0.308. The van der Waals surface area contributed by atoms with E-state index in [4.69, 9.17) is 14.3 Å². The van der Waals surface area contributed by atoms with Crippen LogP contribution in [0.4, 0.5) is 0 Å². The summed E-state index contributed by atoms with van der Waals surface area (Å²) in [4.78, 5) is 17.6. The Labute approximate surface area is 181 Å². The average Bonchev–Trinajstić information content (AvgIpc) is 2.80. The van der Waals surface area contributed by atoms with Crippen LogP contribution in [0.1, 0.15) is 55.2 Å². The van der Waals surface area contributed by atoms with E-state index in [1.165, 1.54) is 16.7 Å². The van der Waals surface area contributed by atoms with Crippen LogP contribution in [0.5, 0.6) is 0 Å². The first-order valence-corrected chi connectivity index (χ1v) is 11.9. The Morgan fingerprint density at radius 2 is 0.967 bits per heavy atom. The third-order valence-electron chi connectivity index (χ3n) is 5.70. The first-order valence-electron chi connectivity index (χ1n) is 10.7. The first kappa shape index (κ1) is 22.7. The molecule has 30 heavy (non-hydrogen) atoms. The Balaban J connectivity index is 1.78. The lowest BCUT2D eigenvalue weighted by molar-refractivity contribution is 0.248. The molecule has 3 nitrogen and oxygen atoms in total. The van der Waals surface area contributed by atoms with Gasteiger partial charge in [0.1, 0.15) is 0 Å². The van der Waals surface area contributed by atoms with E-state index in [-0.39, 0.29) is 5.41 Å². The predicted molar refractivity (Wildman–Crippen MR) is 124 cm³/mol. The Bertz CT molecular complexity index is 741. The molecule has 0 atom stereocenters. The lowest BCUT2D eigenvalue weighted by Crippen LogP contribution is -2.29. The number of rotatable bonds is 12. The quantitative estimate of drug-likeness (QED) is 0.197. The van der Waals surface area contributed by atoms with Crippen LogP contribution in [0.3, 0.4) is 0 Å². The molecule has 0 amide bonds. The van der Waals surface area contributed by atoms with E-state index in [1.54, 1.807) is 0 Å². The summed E-state index contributed by atoms with van der Waals surface area (Å²) in [6.07, 6.45) is 6.32. The number of benzene rings is 3. The Hall–Kier alpha value is -2.03. The maximum atomic E-state index is 8.81. The molecule has 0 saturated carbocycles. The summed E-state index contributed by atoms with van der Waals surface area (Å²) in [7, 11) is -2.22. The lowest BCUT2D eigenvalue weighted by Gasteiger charge is -2.36. The van der Waals surface area contributed by atoms with Crippen LogP contribution in [0, 0.1) is 0 Å². The molecule has 0 aromatic heterocycles. The van der Waals surface area contributed by atoms with Gasteiger partial charge in [0.25, 0.3) is 0 Å². The molecule has 0 unspecified atom stereocenters. The Kier molecular flexibility index (Phi) is 9.04. The molecule has 0 heterocycles. The monoisotopic (exact) mass is 422 g/mol. The third kappa shape index (κ3) is 6.00. The largest absolute Gasteiger partial charge is 0.328 e. The molecule has 158 valence electrons. The van der Waals surface area contributed by atoms with E-state index in [0.29, 0.717) is 6.61 Å². The SMILES string of the molecule is OP(O)OCCCCCCCC(c1ccccc1)(c1ccccc1)c1ccccc1. The highest BCUT2D eigenvalue weighted by atomic mass is 31.2. The van der Waals surface area contributed by atoms with E-state index in [0.717, 1.165) is 38.5 Å². The summed E-state index contributed by atoms with van der Waals surface area (Å²) in [5.41, 5.74) is 3.82. The fourth-order valence-corrected chi connectivity index (χ4v) is 4.56. The van der Waals surface area contributed by atoms with E-state index in [9.17, 15) is 0 Å². The van der Waals surface area contributed by atoms with Crippen LogP contribution in [-0.4, -0.2) is 16.4 Å². The van der Waals surface area contributed by atoms with Crippen molar-refractivity contribution < 1.29 is 14.3 Å². The van der Waals surface area contributed by atoms with Crippen LogP contribution in [0.15, 0.2) is 91.0 Å². The van der Waals surface area contributed by atoms with Gasteiger partial charge in [-0.2, -0.15) is 0 Å². The maximum Gasteiger partial charge on any atom is 0.327 e. The Morgan fingerprint density at radius 3 is 1.40 bits per heavy atom. The van der Waals surface area contributed by atoms with Crippen molar-refractivity contribution in [3.8, 4) is 0 Å². The van der Waals surface area contributed by atoms with E-state index < -0.39 is 8.60 Å². The summed E-state index contributed by atoms with van der Waals surface area (Å²) < 4.78 is 4.85. The second-order valence-corrected chi connectivity index (χ2v) is 8.37. The van der Waals surface area contributed by atoms with Gasteiger partial charge in [0.05, 0.1) is 6.61 Å². The summed E-state index contributed by atoms with van der Waals surface area (Å²) >= 11 is 0. The molecule has 3 aromatic rings. The fourth-order valence-electron chi connectivity index (χ4n) is 4.27. The topological polar surface area (TPSA) is 49.7 Å². The van der Waals surface area contributed by atoms with Crippen molar-refractivity contribution in [3.63, 3.8) is 0 Å². The van der Waals surface area contributed by atoms with Crippen LogP contribution >= 0.6 is 8.60 Å². The summed E-state index contributed by atoms with van der Waals surface area (Å²) in [5, 5.41) is 0. The average molecular weight is 423 g/mol. The second kappa shape index (κ2) is 12.0. The van der Waals surface area contributed by atoms with Crippen LogP contribution in [0.2, 0.25) is 0 Å². The first-order chi connectivity index (χ1) is 14.7. The van der Waals surface area contributed by atoms with Crippen molar-refractivity contribution in [2.24, 2.45) is 0 Å². The van der Waals surface area contributed by atoms with Gasteiger partial charge < -0.3 is 14.3 Å². The Morgan fingerprint density at radius 1 is 0.567 bits per heavy atom. The highest BCUT2D eigenvalue weighted by molar-refractivity contribution is 7.39. The number of hydrogen-bond acceptors (Lipinski definition) is 3. The molecular weight excluding hydrogens is 391 g/mol. The highest BCUT2D eigenvalue weighted by Gasteiger charge is 2.35. The molecule has 0 spiro atoms. The third-order valence-corrected chi connectivity index (χ3v) is 6.12. The van der Waals surface area contributed by atoms with Gasteiger partial charge in [0.15, 0.2) is 0 Å². The standard InChI is InChI=1S/C26H31O3P/c27-30(28)29-22-14-3-1-2-13-21-26(23-15-7-4-8-16-23,24-17-9-5-10-18-24)25-19-11-6-12-20-25/h4-12,15-20,27-28H,1-3,13-14,21-22H2. The normalized spacial score (nSPS) is 11.7. The molecule has 4 heteroatoms. The minimum atomic E-state index is -2.22. The van der Waals surface area contributed by atoms with Crippen molar-refractivity contribution in [1.82, 2.24) is 0 Å². The van der Waals surface area contributed by atoms with Crippen LogP contribution in [0.25, 0.3) is 0 Å². The predicted octanol–water partition coefficient (Wildman–Crippen LogP) is 6.59. The zero-order valence-corrected chi connectivity index (χ0v) is 18.3. The maximum absolute atomic E-state index is 8.81. The molecule has 0 saturated heterocycles. The van der Waals surface area contributed by atoms with Crippen molar-refractivity contribution in [2.45, 2.75) is 43.9 Å². The van der Waals surface area contributed by atoms with E-state index in [2.05, 4.69) is 91.0 Å². The van der Waals surface area contributed by atoms with Crippen molar-refractivity contribution in [3.05, 3.63) is 108 Å². The number of hydrogen-bond donors (Lipinski definition) is 2. The minimum absolute atomic E-state index is 0.170.